The largest absolute Gasteiger partial charge is 0.493 e. The number of rotatable bonds is 5. The lowest BCUT2D eigenvalue weighted by molar-refractivity contribution is 0.0474. The summed E-state index contributed by atoms with van der Waals surface area (Å²) in [6, 6.07) is 13.0. The van der Waals surface area contributed by atoms with Crippen LogP contribution in [0.2, 0.25) is 0 Å². The van der Waals surface area contributed by atoms with Gasteiger partial charge < -0.3 is 14.2 Å². The fourth-order valence-corrected chi connectivity index (χ4v) is 3.28. The van der Waals surface area contributed by atoms with Gasteiger partial charge in [0.2, 0.25) is 0 Å². The average molecular weight is 328 g/mol. The second-order valence-corrected chi connectivity index (χ2v) is 5.81. The Hall–Kier alpha value is -2.53. The van der Waals surface area contributed by atoms with E-state index in [-0.39, 0.29) is 12.6 Å². The van der Waals surface area contributed by atoms with Crippen LogP contribution in [0.5, 0.6) is 11.5 Å². The van der Waals surface area contributed by atoms with Gasteiger partial charge in [-0.3, -0.25) is 0 Å². The number of hydrogen-bond donors (Lipinski definition) is 0. The Morgan fingerprint density at radius 3 is 2.61 bits per heavy atom. The van der Waals surface area contributed by atoms with E-state index in [1.54, 1.807) is 36.6 Å². The van der Waals surface area contributed by atoms with Crippen LogP contribution in [0, 0.1) is 0 Å². The molecule has 4 nitrogen and oxygen atoms in total. The monoisotopic (exact) mass is 328 g/mol. The zero-order chi connectivity index (χ0) is 16.2. The number of hydrogen-bond acceptors (Lipinski definition) is 5. The fraction of sp³-hybridized carbons (Fsp3) is 0.167. The van der Waals surface area contributed by atoms with Crippen molar-refractivity contribution in [1.82, 2.24) is 0 Å². The highest BCUT2D eigenvalue weighted by Crippen LogP contribution is 2.29. The summed E-state index contributed by atoms with van der Waals surface area (Å²) in [6.07, 6.45) is 0. The van der Waals surface area contributed by atoms with Gasteiger partial charge in [0.1, 0.15) is 6.61 Å². The summed E-state index contributed by atoms with van der Waals surface area (Å²) in [7, 11) is 3.09. The van der Waals surface area contributed by atoms with Crippen LogP contribution >= 0.6 is 11.3 Å². The Kier molecular flexibility index (Phi) is 4.48. The molecule has 0 aliphatic rings. The molecule has 0 radical (unpaired) electrons. The lowest BCUT2D eigenvalue weighted by atomic mass is 10.2. The highest BCUT2D eigenvalue weighted by molar-refractivity contribution is 7.17. The fourth-order valence-electron chi connectivity index (χ4n) is 2.33. The van der Waals surface area contributed by atoms with Gasteiger partial charge in [-0.25, -0.2) is 4.79 Å². The smallest absolute Gasteiger partial charge is 0.338 e. The average Bonchev–Trinajstić information content (AvgIpc) is 3.02. The van der Waals surface area contributed by atoms with Crippen LogP contribution in [0.15, 0.2) is 47.8 Å². The van der Waals surface area contributed by atoms with E-state index in [4.69, 9.17) is 14.2 Å². The van der Waals surface area contributed by atoms with E-state index in [9.17, 15) is 4.79 Å². The van der Waals surface area contributed by atoms with Crippen molar-refractivity contribution in [2.75, 3.05) is 14.2 Å². The Bertz CT molecular complexity index is 838. The molecule has 1 aromatic heterocycles. The number of methoxy groups -OCH3 is 2. The number of fused-ring (bicyclic) bond motifs is 1. The van der Waals surface area contributed by atoms with Crippen molar-refractivity contribution >= 4 is 27.4 Å². The van der Waals surface area contributed by atoms with Crippen molar-refractivity contribution in [3.63, 3.8) is 0 Å². The van der Waals surface area contributed by atoms with Crippen LogP contribution < -0.4 is 9.47 Å². The van der Waals surface area contributed by atoms with Gasteiger partial charge in [-0.2, -0.15) is 0 Å². The topological polar surface area (TPSA) is 44.8 Å². The van der Waals surface area contributed by atoms with Crippen LogP contribution in [0.25, 0.3) is 10.1 Å². The van der Waals surface area contributed by atoms with Gasteiger partial charge in [-0.05, 0) is 35.0 Å². The van der Waals surface area contributed by atoms with Crippen molar-refractivity contribution in [2.45, 2.75) is 6.61 Å². The van der Waals surface area contributed by atoms with E-state index in [2.05, 4.69) is 6.07 Å². The van der Waals surface area contributed by atoms with E-state index >= 15 is 0 Å². The molecule has 0 saturated heterocycles. The minimum absolute atomic E-state index is 0.247. The quantitative estimate of drug-likeness (QED) is 0.656. The molecule has 0 bridgehead atoms. The normalized spacial score (nSPS) is 10.5. The molecule has 5 heteroatoms. The molecule has 2 aromatic carbocycles. The first kappa shape index (κ1) is 15.4. The van der Waals surface area contributed by atoms with Crippen LogP contribution in [-0.2, 0) is 11.3 Å². The van der Waals surface area contributed by atoms with Gasteiger partial charge in [-0.1, -0.05) is 18.2 Å². The van der Waals surface area contributed by atoms with Gasteiger partial charge in [0, 0.05) is 10.3 Å². The Balaban J connectivity index is 1.74. The van der Waals surface area contributed by atoms with Crippen LogP contribution in [0.3, 0.4) is 0 Å². The predicted octanol–water partition coefficient (Wildman–Crippen LogP) is 4.28. The van der Waals surface area contributed by atoms with E-state index < -0.39 is 0 Å². The maximum Gasteiger partial charge on any atom is 0.338 e. The van der Waals surface area contributed by atoms with Gasteiger partial charge in [0.15, 0.2) is 11.5 Å². The summed E-state index contributed by atoms with van der Waals surface area (Å²) < 4.78 is 17.0. The lowest BCUT2D eigenvalue weighted by Gasteiger charge is -2.09. The first-order chi connectivity index (χ1) is 11.2. The third kappa shape index (κ3) is 3.14. The zero-order valence-electron chi connectivity index (χ0n) is 12.9. The van der Waals surface area contributed by atoms with E-state index in [0.29, 0.717) is 17.1 Å². The number of carbonyl (C=O) groups excluding carboxylic acids is 1. The summed E-state index contributed by atoms with van der Waals surface area (Å²) in [5.41, 5.74) is 1.45. The van der Waals surface area contributed by atoms with Gasteiger partial charge in [-0.15, -0.1) is 11.3 Å². The Labute approximate surface area is 138 Å². The first-order valence-corrected chi connectivity index (χ1v) is 7.95. The van der Waals surface area contributed by atoms with Crippen LogP contribution in [-0.4, -0.2) is 20.2 Å². The predicted molar refractivity (Wildman–Crippen MR) is 90.5 cm³/mol. The minimum Gasteiger partial charge on any atom is -0.493 e. The first-order valence-electron chi connectivity index (χ1n) is 7.07. The molecule has 0 aliphatic carbocycles. The number of carbonyl (C=O) groups is 1. The SMILES string of the molecule is COc1ccc(C(=O)OCc2csc3ccccc23)cc1OC. The summed E-state index contributed by atoms with van der Waals surface area (Å²) in [5, 5.41) is 3.14. The van der Waals surface area contributed by atoms with Crippen LogP contribution in [0.1, 0.15) is 15.9 Å². The van der Waals surface area contributed by atoms with Gasteiger partial charge in [0.05, 0.1) is 19.8 Å². The highest BCUT2D eigenvalue weighted by atomic mass is 32.1. The van der Waals surface area contributed by atoms with Crippen molar-refractivity contribution in [3.8, 4) is 11.5 Å². The van der Waals surface area contributed by atoms with Crippen molar-refractivity contribution in [1.29, 1.82) is 0 Å². The number of benzene rings is 2. The van der Waals surface area contributed by atoms with E-state index in [0.717, 1.165) is 10.9 Å². The van der Waals surface area contributed by atoms with Gasteiger partial charge >= 0.3 is 5.97 Å². The summed E-state index contributed by atoms with van der Waals surface area (Å²) in [4.78, 5) is 12.2. The zero-order valence-corrected chi connectivity index (χ0v) is 13.7. The summed E-state index contributed by atoms with van der Waals surface area (Å²) >= 11 is 1.64. The van der Waals surface area contributed by atoms with Gasteiger partial charge in [0.25, 0.3) is 0 Å². The van der Waals surface area contributed by atoms with E-state index in [1.807, 2.05) is 23.6 Å². The molecule has 23 heavy (non-hydrogen) atoms. The third-order valence-corrected chi connectivity index (χ3v) is 4.55. The maximum atomic E-state index is 12.2. The molecule has 3 aromatic rings. The lowest BCUT2D eigenvalue weighted by Crippen LogP contribution is -2.05. The highest BCUT2D eigenvalue weighted by Gasteiger charge is 2.13. The van der Waals surface area contributed by atoms with Crippen LogP contribution in [0.4, 0.5) is 0 Å². The van der Waals surface area contributed by atoms with Crippen molar-refractivity contribution in [2.24, 2.45) is 0 Å². The standard InChI is InChI=1S/C18H16O4S/c1-20-15-8-7-12(9-16(15)21-2)18(19)22-10-13-11-23-17-6-4-3-5-14(13)17/h3-9,11H,10H2,1-2H3. The molecule has 0 aliphatic heterocycles. The Morgan fingerprint density at radius 2 is 1.83 bits per heavy atom. The second kappa shape index (κ2) is 6.71. The number of esters is 1. The molecule has 3 rings (SSSR count). The summed E-state index contributed by atoms with van der Waals surface area (Å²) in [6.45, 7) is 0.247. The minimum atomic E-state index is -0.388. The molecule has 118 valence electrons. The summed E-state index contributed by atoms with van der Waals surface area (Å²) in [5.74, 6) is 0.692. The number of thiophene rings is 1. The molecule has 0 N–H and O–H groups in total. The molecule has 0 saturated carbocycles. The third-order valence-electron chi connectivity index (χ3n) is 3.54. The molecule has 0 fully saturated rings. The second-order valence-electron chi connectivity index (χ2n) is 4.90. The molecule has 1 heterocycles. The molecule has 0 spiro atoms. The molecule has 0 unspecified atom stereocenters. The van der Waals surface area contributed by atoms with E-state index in [1.165, 1.54) is 11.8 Å². The molecular formula is C18H16O4S. The van der Waals surface area contributed by atoms with Crippen molar-refractivity contribution < 1.29 is 19.0 Å². The molecule has 0 amide bonds. The molecular weight excluding hydrogens is 312 g/mol. The van der Waals surface area contributed by atoms with Crippen molar-refractivity contribution in [3.05, 3.63) is 59.0 Å². The molecule has 0 atom stereocenters. The number of ether oxygens (including phenoxy) is 3. The Morgan fingerprint density at radius 1 is 1.04 bits per heavy atom. The maximum absolute atomic E-state index is 12.2.